The highest BCUT2D eigenvalue weighted by molar-refractivity contribution is 5.89. The van der Waals surface area contributed by atoms with E-state index in [9.17, 15) is 14.4 Å². The fraction of sp³-hybridized carbons (Fsp3) is 0.727. The van der Waals surface area contributed by atoms with E-state index in [0.29, 0.717) is 6.42 Å². The van der Waals surface area contributed by atoms with Gasteiger partial charge in [-0.25, -0.2) is 4.79 Å². The van der Waals surface area contributed by atoms with Gasteiger partial charge >= 0.3 is 5.97 Å². The summed E-state index contributed by atoms with van der Waals surface area (Å²) in [4.78, 5) is 33.4. The highest BCUT2D eigenvalue weighted by atomic mass is 16.4. The van der Waals surface area contributed by atoms with Crippen LogP contribution in [-0.2, 0) is 14.4 Å². The van der Waals surface area contributed by atoms with E-state index in [0.717, 1.165) is 0 Å². The maximum Gasteiger partial charge on any atom is 0.326 e. The summed E-state index contributed by atoms with van der Waals surface area (Å²) in [5.74, 6) is -2.06. The minimum absolute atomic E-state index is 0.166. The highest BCUT2D eigenvalue weighted by Crippen LogP contribution is 2.08. The first-order valence-corrected chi connectivity index (χ1v) is 5.59. The fourth-order valence-electron chi connectivity index (χ4n) is 1.33. The number of carbonyl (C=O) groups is 3. The molecule has 0 heterocycles. The summed E-state index contributed by atoms with van der Waals surface area (Å²) in [6.07, 6.45) is 0.645. The number of hydrogen-bond donors (Lipinski definition) is 3. The molecule has 6 heteroatoms. The number of carbonyl (C=O) groups excluding carboxylic acids is 2. The third-order valence-corrected chi connectivity index (χ3v) is 2.59. The SMILES string of the molecule is CCC(C)[C@H](NC(=O)[C@H](C)NC(C)=O)C(=O)O. The predicted octanol–water partition coefficient (Wildman–Crippen LogP) is 0.127. The van der Waals surface area contributed by atoms with Crippen LogP contribution in [0.1, 0.15) is 34.1 Å². The molecule has 0 aliphatic carbocycles. The molecule has 3 atom stereocenters. The average Bonchev–Trinajstić information content (AvgIpc) is 2.22. The Bertz CT molecular complexity index is 304. The molecule has 2 amide bonds. The van der Waals surface area contributed by atoms with Gasteiger partial charge in [0.2, 0.25) is 11.8 Å². The van der Waals surface area contributed by atoms with E-state index < -0.39 is 24.0 Å². The second kappa shape index (κ2) is 6.88. The summed E-state index contributed by atoms with van der Waals surface area (Å²) < 4.78 is 0. The maximum absolute atomic E-state index is 11.6. The van der Waals surface area contributed by atoms with Crippen LogP contribution in [0.3, 0.4) is 0 Å². The van der Waals surface area contributed by atoms with E-state index in [-0.39, 0.29) is 11.8 Å². The summed E-state index contributed by atoms with van der Waals surface area (Å²) in [5.41, 5.74) is 0. The molecule has 0 bridgehead atoms. The van der Waals surface area contributed by atoms with Gasteiger partial charge in [-0.2, -0.15) is 0 Å². The lowest BCUT2D eigenvalue weighted by molar-refractivity contribution is -0.143. The molecular weight excluding hydrogens is 224 g/mol. The monoisotopic (exact) mass is 244 g/mol. The number of carboxylic acids is 1. The van der Waals surface area contributed by atoms with Crippen LogP contribution in [0.5, 0.6) is 0 Å². The molecule has 0 aliphatic heterocycles. The number of hydrogen-bond acceptors (Lipinski definition) is 3. The molecule has 0 aromatic carbocycles. The van der Waals surface area contributed by atoms with Gasteiger partial charge in [-0.1, -0.05) is 20.3 Å². The number of nitrogens with one attached hydrogen (secondary N) is 2. The number of amides is 2. The average molecular weight is 244 g/mol. The lowest BCUT2D eigenvalue weighted by Gasteiger charge is -2.22. The summed E-state index contributed by atoms with van der Waals surface area (Å²) in [7, 11) is 0. The van der Waals surface area contributed by atoms with Crippen molar-refractivity contribution in [2.75, 3.05) is 0 Å². The second-order valence-electron chi connectivity index (χ2n) is 4.13. The molecule has 0 aromatic rings. The van der Waals surface area contributed by atoms with Gasteiger partial charge in [0.25, 0.3) is 0 Å². The van der Waals surface area contributed by atoms with Crippen molar-refractivity contribution in [3.8, 4) is 0 Å². The van der Waals surface area contributed by atoms with Gasteiger partial charge < -0.3 is 15.7 Å². The molecule has 1 unspecified atom stereocenters. The summed E-state index contributed by atoms with van der Waals surface area (Å²) in [5, 5.41) is 13.8. The van der Waals surface area contributed by atoms with E-state index in [4.69, 9.17) is 5.11 Å². The van der Waals surface area contributed by atoms with Crippen molar-refractivity contribution in [2.45, 2.75) is 46.2 Å². The van der Waals surface area contributed by atoms with E-state index in [1.54, 1.807) is 6.92 Å². The first-order valence-electron chi connectivity index (χ1n) is 5.59. The lowest BCUT2D eigenvalue weighted by Crippen LogP contribution is -2.52. The fourth-order valence-corrected chi connectivity index (χ4v) is 1.33. The van der Waals surface area contributed by atoms with Gasteiger partial charge in [0.05, 0.1) is 0 Å². The molecule has 0 spiro atoms. The zero-order valence-electron chi connectivity index (χ0n) is 10.6. The van der Waals surface area contributed by atoms with E-state index in [2.05, 4.69) is 10.6 Å². The zero-order chi connectivity index (χ0) is 13.6. The Morgan fingerprint density at radius 3 is 2.06 bits per heavy atom. The molecule has 0 fully saturated rings. The summed E-state index contributed by atoms with van der Waals surface area (Å²) in [6, 6.07) is -1.66. The standard InChI is InChI=1S/C11H20N2O4/c1-5-6(2)9(11(16)17)13-10(15)7(3)12-8(4)14/h6-7,9H,5H2,1-4H3,(H,12,14)(H,13,15)(H,16,17)/t6?,7-,9-/m0/s1. The van der Waals surface area contributed by atoms with Gasteiger partial charge in [0.15, 0.2) is 0 Å². The van der Waals surface area contributed by atoms with Crippen LogP contribution in [0, 0.1) is 5.92 Å². The Morgan fingerprint density at radius 2 is 1.71 bits per heavy atom. The topological polar surface area (TPSA) is 95.5 Å². The highest BCUT2D eigenvalue weighted by Gasteiger charge is 2.27. The van der Waals surface area contributed by atoms with Gasteiger partial charge in [-0.15, -0.1) is 0 Å². The third-order valence-electron chi connectivity index (χ3n) is 2.59. The van der Waals surface area contributed by atoms with Crippen LogP contribution < -0.4 is 10.6 Å². The van der Waals surface area contributed by atoms with Gasteiger partial charge in [0, 0.05) is 6.92 Å². The number of rotatable bonds is 6. The summed E-state index contributed by atoms with van der Waals surface area (Å²) in [6.45, 7) is 6.41. The molecule has 0 saturated heterocycles. The van der Waals surface area contributed by atoms with Crippen molar-refractivity contribution in [2.24, 2.45) is 5.92 Å². The Labute approximate surface area is 101 Å². The number of carboxylic acid groups (broad SMARTS) is 1. The molecule has 3 N–H and O–H groups in total. The summed E-state index contributed by atoms with van der Waals surface area (Å²) >= 11 is 0. The van der Waals surface area contributed by atoms with Crippen LogP contribution in [0.2, 0.25) is 0 Å². The Morgan fingerprint density at radius 1 is 1.18 bits per heavy atom. The minimum atomic E-state index is -1.07. The number of aliphatic carboxylic acids is 1. The van der Waals surface area contributed by atoms with Crippen molar-refractivity contribution >= 4 is 17.8 Å². The second-order valence-corrected chi connectivity index (χ2v) is 4.13. The quantitative estimate of drug-likeness (QED) is 0.618. The maximum atomic E-state index is 11.6. The third kappa shape index (κ3) is 5.33. The molecule has 0 radical (unpaired) electrons. The Balaban J connectivity index is 4.50. The Kier molecular flexibility index (Phi) is 6.23. The van der Waals surface area contributed by atoms with Crippen molar-refractivity contribution in [1.82, 2.24) is 10.6 Å². The normalized spacial score (nSPS) is 15.5. The van der Waals surface area contributed by atoms with Crippen LogP contribution in [0.4, 0.5) is 0 Å². The van der Waals surface area contributed by atoms with Crippen LogP contribution in [-0.4, -0.2) is 35.0 Å². The molecule has 0 aromatic heterocycles. The molecule has 6 nitrogen and oxygen atoms in total. The van der Waals surface area contributed by atoms with Crippen molar-refractivity contribution in [1.29, 1.82) is 0 Å². The molecule has 0 saturated carbocycles. The lowest BCUT2D eigenvalue weighted by atomic mass is 9.99. The first kappa shape index (κ1) is 15.4. The van der Waals surface area contributed by atoms with Crippen LogP contribution in [0.25, 0.3) is 0 Å². The van der Waals surface area contributed by atoms with Gasteiger partial charge in [-0.3, -0.25) is 9.59 Å². The molecular formula is C11H20N2O4. The first-order chi connectivity index (χ1) is 7.79. The van der Waals surface area contributed by atoms with Crippen LogP contribution >= 0.6 is 0 Å². The minimum Gasteiger partial charge on any atom is -0.480 e. The van der Waals surface area contributed by atoms with Crippen LogP contribution in [0.15, 0.2) is 0 Å². The molecule has 0 rings (SSSR count). The Hall–Kier alpha value is -1.59. The predicted molar refractivity (Wildman–Crippen MR) is 62.3 cm³/mol. The smallest absolute Gasteiger partial charge is 0.326 e. The van der Waals surface area contributed by atoms with Gasteiger partial charge in [0.1, 0.15) is 12.1 Å². The molecule has 0 aliphatic rings. The molecule has 98 valence electrons. The van der Waals surface area contributed by atoms with E-state index in [1.165, 1.54) is 13.8 Å². The molecule has 17 heavy (non-hydrogen) atoms. The van der Waals surface area contributed by atoms with Gasteiger partial charge in [-0.05, 0) is 12.8 Å². The zero-order valence-corrected chi connectivity index (χ0v) is 10.6. The van der Waals surface area contributed by atoms with Crippen molar-refractivity contribution in [3.05, 3.63) is 0 Å². The van der Waals surface area contributed by atoms with E-state index in [1.807, 2.05) is 6.92 Å². The van der Waals surface area contributed by atoms with E-state index >= 15 is 0 Å². The largest absolute Gasteiger partial charge is 0.480 e. The van der Waals surface area contributed by atoms with Crippen molar-refractivity contribution in [3.63, 3.8) is 0 Å². The van der Waals surface area contributed by atoms with Crippen molar-refractivity contribution < 1.29 is 19.5 Å².